The third-order valence-electron chi connectivity index (χ3n) is 3.84. The van der Waals surface area contributed by atoms with Crippen molar-refractivity contribution in [2.45, 2.75) is 57.8 Å². The number of hydrogen-bond donors (Lipinski definition) is 1. The first-order chi connectivity index (χ1) is 10.2. The molecule has 7 nitrogen and oxygen atoms in total. The second-order valence-corrected chi connectivity index (χ2v) is 7.14. The smallest absolute Gasteiger partial charge is 0.410 e. The first-order valence-electron chi connectivity index (χ1n) is 7.73. The molecular formula is C15H26N2O5. The van der Waals surface area contributed by atoms with Crippen molar-refractivity contribution < 1.29 is 23.8 Å². The van der Waals surface area contributed by atoms with Crippen molar-refractivity contribution in [3.8, 4) is 0 Å². The molecule has 0 bridgehead atoms. The molecular weight excluding hydrogens is 288 g/mol. The lowest BCUT2D eigenvalue weighted by atomic mass is 9.93. The van der Waals surface area contributed by atoms with Crippen LogP contribution in [0, 0.1) is 0 Å². The van der Waals surface area contributed by atoms with Gasteiger partial charge >= 0.3 is 12.2 Å². The Labute approximate surface area is 131 Å². The highest BCUT2D eigenvalue weighted by atomic mass is 16.6. The molecule has 0 aromatic heterocycles. The Bertz CT molecular complexity index is 424. The third kappa shape index (κ3) is 4.76. The van der Waals surface area contributed by atoms with E-state index in [9.17, 15) is 9.59 Å². The zero-order chi connectivity index (χ0) is 16.4. The Morgan fingerprint density at radius 1 is 1.41 bits per heavy atom. The lowest BCUT2D eigenvalue weighted by Gasteiger charge is -2.39. The fraction of sp³-hybridized carbons (Fsp3) is 0.867. The number of piperidine rings is 1. The maximum Gasteiger partial charge on any atom is 0.410 e. The van der Waals surface area contributed by atoms with E-state index in [-0.39, 0.29) is 17.8 Å². The highest BCUT2D eigenvalue weighted by Gasteiger charge is 2.35. The third-order valence-corrected chi connectivity index (χ3v) is 3.84. The second-order valence-electron chi connectivity index (χ2n) is 7.14. The zero-order valence-corrected chi connectivity index (χ0v) is 13.8. The summed E-state index contributed by atoms with van der Waals surface area (Å²) in [6.45, 7) is 9.68. The Morgan fingerprint density at radius 2 is 2.05 bits per heavy atom. The highest BCUT2D eigenvalue weighted by Crippen LogP contribution is 2.27. The van der Waals surface area contributed by atoms with E-state index in [1.807, 2.05) is 27.7 Å². The molecule has 1 N–H and O–H groups in total. The van der Waals surface area contributed by atoms with Gasteiger partial charge in [0.2, 0.25) is 0 Å². The van der Waals surface area contributed by atoms with Gasteiger partial charge in [-0.3, -0.25) is 0 Å². The molecule has 0 saturated carbocycles. The lowest BCUT2D eigenvalue weighted by Crippen LogP contribution is -2.48. The van der Waals surface area contributed by atoms with Crippen LogP contribution in [0.4, 0.5) is 9.59 Å². The number of cyclic esters (lactones) is 1. The summed E-state index contributed by atoms with van der Waals surface area (Å²) in [5.41, 5.74) is -0.777. The maximum atomic E-state index is 12.0. The van der Waals surface area contributed by atoms with E-state index in [2.05, 4.69) is 5.32 Å². The summed E-state index contributed by atoms with van der Waals surface area (Å²) in [7, 11) is 0. The summed E-state index contributed by atoms with van der Waals surface area (Å²) in [6.07, 6.45) is 0.580. The molecule has 2 saturated heterocycles. The van der Waals surface area contributed by atoms with Crippen LogP contribution in [0.5, 0.6) is 0 Å². The monoisotopic (exact) mass is 314 g/mol. The average molecular weight is 314 g/mol. The van der Waals surface area contributed by atoms with Gasteiger partial charge in [0.25, 0.3) is 0 Å². The fourth-order valence-electron chi connectivity index (χ4n) is 2.45. The normalized spacial score (nSPS) is 24.6. The van der Waals surface area contributed by atoms with Gasteiger partial charge in [-0.2, -0.15) is 0 Å². The van der Waals surface area contributed by atoms with Gasteiger partial charge in [-0.1, -0.05) is 0 Å². The molecule has 2 rings (SSSR count). The summed E-state index contributed by atoms with van der Waals surface area (Å²) < 4.78 is 16.4. The first kappa shape index (κ1) is 16.9. The molecule has 0 aromatic carbocycles. The van der Waals surface area contributed by atoms with E-state index >= 15 is 0 Å². The van der Waals surface area contributed by atoms with E-state index in [0.717, 1.165) is 12.8 Å². The molecule has 1 unspecified atom stereocenters. The van der Waals surface area contributed by atoms with Gasteiger partial charge in [0.15, 0.2) is 0 Å². The van der Waals surface area contributed by atoms with Crippen LogP contribution in [0.3, 0.4) is 0 Å². The van der Waals surface area contributed by atoms with E-state index < -0.39 is 11.7 Å². The SMILES string of the molecule is CC(C)(C)OC(=O)N1CCC(C)(OCC2CNC(=O)O2)CC1. The zero-order valence-electron chi connectivity index (χ0n) is 13.8. The van der Waals surface area contributed by atoms with Crippen LogP contribution in [-0.2, 0) is 14.2 Å². The van der Waals surface area contributed by atoms with Gasteiger partial charge in [0.05, 0.1) is 18.8 Å². The number of alkyl carbamates (subject to hydrolysis) is 1. The molecule has 22 heavy (non-hydrogen) atoms. The summed E-state index contributed by atoms with van der Waals surface area (Å²) in [5.74, 6) is 0. The highest BCUT2D eigenvalue weighted by molar-refractivity contribution is 5.69. The molecule has 1 atom stereocenters. The quantitative estimate of drug-likeness (QED) is 0.861. The predicted molar refractivity (Wildman–Crippen MR) is 79.7 cm³/mol. The molecule has 2 aliphatic rings. The molecule has 0 radical (unpaired) electrons. The molecule has 7 heteroatoms. The van der Waals surface area contributed by atoms with Gasteiger partial charge in [-0.05, 0) is 40.5 Å². The van der Waals surface area contributed by atoms with Crippen molar-refractivity contribution in [1.29, 1.82) is 0 Å². The molecule has 2 aliphatic heterocycles. The van der Waals surface area contributed by atoms with Crippen molar-refractivity contribution in [2.24, 2.45) is 0 Å². The van der Waals surface area contributed by atoms with Gasteiger partial charge < -0.3 is 24.4 Å². The molecule has 0 aliphatic carbocycles. The van der Waals surface area contributed by atoms with Crippen molar-refractivity contribution >= 4 is 12.2 Å². The number of ether oxygens (including phenoxy) is 3. The van der Waals surface area contributed by atoms with Crippen LogP contribution in [0.1, 0.15) is 40.5 Å². The number of carbonyl (C=O) groups is 2. The lowest BCUT2D eigenvalue weighted by molar-refractivity contribution is -0.0928. The number of nitrogens with zero attached hydrogens (tertiary/aromatic N) is 1. The van der Waals surface area contributed by atoms with E-state index in [0.29, 0.717) is 26.2 Å². The number of hydrogen-bond acceptors (Lipinski definition) is 5. The largest absolute Gasteiger partial charge is 0.444 e. The van der Waals surface area contributed by atoms with Crippen molar-refractivity contribution in [3.05, 3.63) is 0 Å². The average Bonchev–Trinajstić information content (AvgIpc) is 2.81. The molecule has 0 spiro atoms. The molecule has 2 heterocycles. The van der Waals surface area contributed by atoms with Crippen LogP contribution < -0.4 is 5.32 Å². The second kappa shape index (κ2) is 6.32. The maximum absolute atomic E-state index is 12.0. The number of rotatable bonds is 3. The Kier molecular flexibility index (Phi) is 4.84. The van der Waals surface area contributed by atoms with Crippen LogP contribution in [0.15, 0.2) is 0 Å². The minimum atomic E-state index is -0.478. The Morgan fingerprint density at radius 3 is 2.55 bits per heavy atom. The van der Waals surface area contributed by atoms with E-state index in [1.54, 1.807) is 4.90 Å². The van der Waals surface area contributed by atoms with Gasteiger partial charge in [0, 0.05) is 13.1 Å². The van der Waals surface area contributed by atoms with Crippen LogP contribution >= 0.6 is 0 Å². The Balaban J connectivity index is 1.75. The summed E-state index contributed by atoms with van der Waals surface area (Å²) >= 11 is 0. The number of likely N-dealkylation sites (tertiary alicyclic amines) is 1. The van der Waals surface area contributed by atoms with Gasteiger partial charge in [-0.15, -0.1) is 0 Å². The summed E-state index contributed by atoms with van der Waals surface area (Å²) in [4.78, 5) is 24.7. The van der Waals surface area contributed by atoms with Gasteiger partial charge in [-0.25, -0.2) is 9.59 Å². The number of carbonyl (C=O) groups excluding carboxylic acids is 2. The van der Waals surface area contributed by atoms with E-state index in [1.165, 1.54) is 0 Å². The number of nitrogens with one attached hydrogen (secondary N) is 1. The van der Waals surface area contributed by atoms with Crippen molar-refractivity contribution in [1.82, 2.24) is 10.2 Å². The standard InChI is InChI=1S/C15H26N2O5/c1-14(2,3)22-13(19)17-7-5-15(4,6-8-17)20-10-11-9-16-12(18)21-11/h11H,5-10H2,1-4H3,(H,16,18). The minimum absolute atomic E-state index is 0.229. The predicted octanol–water partition coefficient (Wildman–Crippen LogP) is 1.90. The van der Waals surface area contributed by atoms with Gasteiger partial charge in [0.1, 0.15) is 11.7 Å². The molecule has 2 amide bonds. The first-order valence-corrected chi connectivity index (χ1v) is 7.73. The minimum Gasteiger partial charge on any atom is -0.444 e. The number of amides is 2. The van der Waals surface area contributed by atoms with Crippen LogP contribution in [0.2, 0.25) is 0 Å². The van der Waals surface area contributed by atoms with Crippen LogP contribution in [0.25, 0.3) is 0 Å². The Hall–Kier alpha value is -1.50. The topological polar surface area (TPSA) is 77.1 Å². The molecule has 2 fully saturated rings. The van der Waals surface area contributed by atoms with Crippen molar-refractivity contribution in [2.75, 3.05) is 26.2 Å². The van der Waals surface area contributed by atoms with Crippen molar-refractivity contribution in [3.63, 3.8) is 0 Å². The fourth-order valence-corrected chi connectivity index (χ4v) is 2.45. The summed E-state index contributed by atoms with van der Waals surface area (Å²) in [6, 6.07) is 0. The summed E-state index contributed by atoms with van der Waals surface area (Å²) in [5, 5.41) is 2.60. The van der Waals surface area contributed by atoms with E-state index in [4.69, 9.17) is 14.2 Å². The molecule has 126 valence electrons. The van der Waals surface area contributed by atoms with Crippen LogP contribution in [-0.4, -0.2) is 60.6 Å². The molecule has 0 aromatic rings.